The fourth-order valence-corrected chi connectivity index (χ4v) is 4.66. The summed E-state index contributed by atoms with van der Waals surface area (Å²) >= 11 is 7.73. The second kappa shape index (κ2) is 4.56. The quantitative estimate of drug-likeness (QED) is 0.514. The van der Waals surface area contributed by atoms with Crippen molar-refractivity contribution in [3.63, 3.8) is 0 Å². The van der Waals surface area contributed by atoms with E-state index >= 15 is 0 Å². The number of alkyl halides is 2. The summed E-state index contributed by atoms with van der Waals surface area (Å²) in [5.41, 5.74) is 1.28. The van der Waals surface area contributed by atoms with Crippen LogP contribution in [0.3, 0.4) is 0 Å². The van der Waals surface area contributed by atoms with Gasteiger partial charge in [0, 0.05) is 0 Å². The van der Waals surface area contributed by atoms with Crippen molar-refractivity contribution in [3.8, 4) is 0 Å². The van der Waals surface area contributed by atoms with E-state index in [9.17, 15) is 0 Å². The molecule has 1 heterocycles. The average Bonchev–Trinajstić information content (AvgIpc) is 2.50. The number of hydrogen-bond acceptors (Lipinski definition) is 2. The zero-order valence-electron chi connectivity index (χ0n) is 7.04. The average molecular weight is 373 g/mol. The zero-order chi connectivity index (χ0) is 9.26. The third-order valence-corrected chi connectivity index (χ3v) is 6.72. The van der Waals surface area contributed by atoms with E-state index in [2.05, 4.69) is 41.1 Å². The number of halogens is 2. The van der Waals surface area contributed by atoms with Crippen LogP contribution in [0.15, 0.2) is 0 Å². The van der Waals surface area contributed by atoms with Crippen molar-refractivity contribution in [2.75, 3.05) is 0 Å². The van der Waals surface area contributed by atoms with Gasteiger partial charge in [-0.2, -0.15) is 0 Å². The van der Waals surface area contributed by atoms with E-state index < -0.39 is 0 Å². The number of rotatable bonds is 0. The molecule has 0 saturated carbocycles. The first-order valence-corrected chi connectivity index (χ1v) is 7.81. The fraction of sp³-hybridized carbons (Fsp3) is 0.750. The topological polar surface area (TPSA) is 25.8 Å². The van der Waals surface area contributed by atoms with Gasteiger partial charge in [0.1, 0.15) is 0 Å². The molecule has 13 heavy (non-hydrogen) atoms. The van der Waals surface area contributed by atoms with Gasteiger partial charge < -0.3 is 0 Å². The van der Waals surface area contributed by atoms with Crippen molar-refractivity contribution in [1.29, 1.82) is 0 Å². The molecule has 0 fully saturated rings. The Morgan fingerprint density at radius 1 is 1.31 bits per heavy atom. The molecule has 0 aliphatic heterocycles. The molecule has 2 rings (SSSR count). The van der Waals surface area contributed by atoms with Crippen molar-refractivity contribution >= 4 is 46.6 Å². The summed E-state index contributed by atoms with van der Waals surface area (Å²) in [5, 5.41) is 4.22. The number of fused-ring (bicyclic) bond motifs is 1. The summed E-state index contributed by atoms with van der Waals surface area (Å²) in [6.07, 6.45) is 4.71. The minimum absolute atomic E-state index is 0.297. The Hall–Kier alpha value is 0.819. The molecule has 2 nitrogen and oxygen atoms in total. The number of nitrogens with zero attached hydrogens (tertiary/aromatic N) is 2. The van der Waals surface area contributed by atoms with Crippen LogP contribution in [-0.4, -0.2) is 33.6 Å². The molecule has 0 radical (unpaired) electrons. The van der Waals surface area contributed by atoms with E-state index in [0.29, 0.717) is 24.4 Å². The zero-order valence-corrected chi connectivity index (χ0v) is 11.9. The second-order valence-electron chi connectivity index (χ2n) is 3.27. The van der Waals surface area contributed by atoms with Crippen LogP contribution in [0, 0.1) is 0 Å². The first-order valence-electron chi connectivity index (χ1n) is 4.35. The Labute approximate surface area is 101 Å². The molecule has 72 valence electrons. The molecule has 0 aromatic carbocycles. The Balaban J connectivity index is 2.20. The Kier molecular flexibility index (Phi) is 3.63. The molecule has 2 unspecified atom stereocenters. The molecule has 1 aliphatic rings. The van der Waals surface area contributed by atoms with E-state index in [1.807, 2.05) is 0 Å². The molecule has 1 aromatic rings. The van der Waals surface area contributed by atoms with Crippen molar-refractivity contribution in [2.24, 2.45) is 0 Å². The van der Waals surface area contributed by atoms with Crippen molar-refractivity contribution < 1.29 is 0 Å². The number of aromatic nitrogens is 2. The molecule has 0 N–H and O–H groups in total. The summed E-state index contributed by atoms with van der Waals surface area (Å²) in [7, 11) is 0. The molecule has 0 spiro atoms. The van der Waals surface area contributed by atoms with Crippen LogP contribution < -0.4 is 0 Å². The summed E-state index contributed by atoms with van der Waals surface area (Å²) in [6, 6.07) is 0. The van der Waals surface area contributed by atoms with Gasteiger partial charge in [-0.25, -0.2) is 0 Å². The molecular formula is C8H10Br2N2Se. The van der Waals surface area contributed by atoms with Crippen molar-refractivity contribution in [3.05, 3.63) is 10.1 Å². The van der Waals surface area contributed by atoms with E-state index in [0.717, 1.165) is 12.8 Å². The maximum atomic E-state index is 4.22. The summed E-state index contributed by atoms with van der Waals surface area (Å²) < 4.78 is 5.65. The molecular weight excluding hydrogens is 363 g/mol. The van der Waals surface area contributed by atoms with Gasteiger partial charge in [0.15, 0.2) is 0 Å². The van der Waals surface area contributed by atoms with E-state index in [4.69, 9.17) is 0 Å². The van der Waals surface area contributed by atoms with Crippen LogP contribution in [-0.2, 0) is 12.8 Å². The van der Waals surface area contributed by atoms with Gasteiger partial charge in [0.05, 0.1) is 0 Å². The third-order valence-electron chi connectivity index (χ3n) is 2.30. The van der Waals surface area contributed by atoms with E-state index in [-0.39, 0.29) is 0 Å². The number of hydrogen-bond donors (Lipinski definition) is 0. The van der Waals surface area contributed by atoms with E-state index in [1.54, 1.807) is 0 Å². The van der Waals surface area contributed by atoms with Gasteiger partial charge in [-0.1, -0.05) is 0 Å². The van der Waals surface area contributed by atoms with Crippen molar-refractivity contribution in [1.82, 2.24) is 9.19 Å². The van der Waals surface area contributed by atoms with Gasteiger partial charge in [-0.3, -0.25) is 0 Å². The molecule has 1 aromatic heterocycles. The SMILES string of the molecule is BrC1CCCc2nn[se]c2CC1Br. The Morgan fingerprint density at radius 3 is 3.00 bits per heavy atom. The van der Waals surface area contributed by atoms with Gasteiger partial charge in [0.25, 0.3) is 0 Å². The van der Waals surface area contributed by atoms with Crippen LogP contribution in [0.4, 0.5) is 0 Å². The van der Waals surface area contributed by atoms with Gasteiger partial charge in [0.2, 0.25) is 0 Å². The number of aryl methyl sites for hydroxylation is 1. The van der Waals surface area contributed by atoms with Gasteiger partial charge in [-0.15, -0.1) is 0 Å². The molecule has 0 saturated heterocycles. The molecule has 0 bridgehead atoms. The van der Waals surface area contributed by atoms with Crippen LogP contribution in [0.1, 0.15) is 23.0 Å². The van der Waals surface area contributed by atoms with Crippen LogP contribution >= 0.6 is 31.9 Å². The normalized spacial score (nSPS) is 29.1. The van der Waals surface area contributed by atoms with Crippen LogP contribution in [0.2, 0.25) is 0 Å². The molecule has 1 aliphatic carbocycles. The molecule has 2 atom stereocenters. The van der Waals surface area contributed by atoms with E-state index in [1.165, 1.54) is 23.0 Å². The first kappa shape index (κ1) is 10.3. The maximum absolute atomic E-state index is 4.22. The first-order chi connectivity index (χ1) is 6.27. The Bertz CT molecular complexity index is 289. The van der Waals surface area contributed by atoms with Gasteiger partial charge in [-0.05, 0) is 0 Å². The monoisotopic (exact) mass is 372 g/mol. The predicted octanol–water partition coefficient (Wildman–Crippen LogP) is 1.94. The molecule has 5 heteroatoms. The van der Waals surface area contributed by atoms with Crippen LogP contribution in [0.25, 0.3) is 0 Å². The second-order valence-corrected chi connectivity index (χ2v) is 7.38. The van der Waals surface area contributed by atoms with Gasteiger partial charge >= 0.3 is 101 Å². The summed E-state index contributed by atoms with van der Waals surface area (Å²) in [6.45, 7) is 0. The summed E-state index contributed by atoms with van der Waals surface area (Å²) in [5.74, 6) is 0. The Morgan fingerprint density at radius 2 is 2.15 bits per heavy atom. The molecule has 0 amide bonds. The van der Waals surface area contributed by atoms with Crippen LogP contribution in [0.5, 0.6) is 0 Å². The van der Waals surface area contributed by atoms with Crippen molar-refractivity contribution in [2.45, 2.75) is 35.3 Å². The standard InChI is InChI=1S/C8H10Br2N2Se/c9-5-2-1-3-7-8(4-6(5)10)13-12-11-7/h5-6H,1-4H2. The minimum atomic E-state index is 0.297. The fourth-order valence-electron chi connectivity index (χ4n) is 1.52. The predicted molar refractivity (Wildman–Crippen MR) is 61.0 cm³/mol. The summed E-state index contributed by atoms with van der Waals surface area (Å²) in [4.78, 5) is 1.17. The third kappa shape index (κ3) is 2.44.